The number of fused-ring (bicyclic) bond motifs is 4. The molecule has 0 saturated carbocycles. The van der Waals surface area contributed by atoms with E-state index in [-0.39, 0.29) is 79.0 Å². The van der Waals surface area contributed by atoms with Gasteiger partial charge in [-0.05, 0) is 30.3 Å². The van der Waals surface area contributed by atoms with Gasteiger partial charge in [0.25, 0.3) is 0 Å². The average molecular weight is 577 g/mol. The van der Waals surface area contributed by atoms with Gasteiger partial charge in [-0.2, -0.15) is 0 Å². The number of carbonyl (C=O) groups is 4. The van der Waals surface area contributed by atoms with Crippen LogP contribution in [-0.2, 0) is 0 Å². The molecular weight excluding hydrogens is 556 g/mol. The molecule has 0 aliphatic heterocycles. The zero-order valence-corrected chi connectivity index (χ0v) is 22.8. The van der Waals surface area contributed by atoms with Crippen molar-refractivity contribution in [3.63, 3.8) is 0 Å². The lowest BCUT2D eigenvalue weighted by Gasteiger charge is -2.18. The van der Waals surface area contributed by atoms with Crippen molar-refractivity contribution in [1.29, 1.82) is 0 Å². The maximum atomic E-state index is 13.3. The van der Waals surface area contributed by atoms with E-state index in [9.17, 15) is 29.4 Å². The third-order valence-corrected chi connectivity index (χ3v) is 7.69. The van der Waals surface area contributed by atoms with E-state index < -0.39 is 11.8 Å². The molecule has 0 amide bonds. The van der Waals surface area contributed by atoms with Gasteiger partial charge in [-0.25, -0.2) is 9.98 Å². The summed E-state index contributed by atoms with van der Waals surface area (Å²) in [5.41, 5.74) is 2.39. The lowest BCUT2D eigenvalue weighted by atomic mass is 9.83. The van der Waals surface area contributed by atoms with E-state index in [1.54, 1.807) is 91.0 Å². The lowest BCUT2D eigenvalue weighted by Crippen LogP contribution is -2.21. The lowest BCUT2D eigenvalue weighted by molar-refractivity contribution is 0.0979. The SMILES string of the molecule is O=C1c2ccccc2C(=O)c2c(N=C(O)c3cccc(C(O)=Nc4cccc5c4C(=O)c4ccccc4C5=O)c3)cccc21. The Morgan fingerprint density at radius 1 is 0.409 bits per heavy atom. The predicted octanol–water partition coefficient (Wildman–Crippen LogP) is 6.51. The van der Waals surface area contributed by atoms with Crippen LogP contribution in [0, 0.1) is 0 Å². The van der Waals surface area contributed by atoms with Gasteiger partial charge in [-0.3, -0.25) is 19.2 Å². The fraction of sp³-hybridized carbons (Fsp3) is 0. The van der Waals surface area contributed by atoms with E-state index in [1.165, 1.54) is 18.2 Å². The van der Waals surface area contributed by atoms with Crippen molar-refractivity contribution in [3.05, 3.63) is 165 Å². The summed E-state index contributed by atoms with van der Waals surface area (Å²) in [4.78, 5) is 61.4. The van der Waals surface area contributed by atoms with Crippen LogP contribution in [0.4, 0.5) is 11.4 Å². The van der Waals surface area contributed by atoms with Crippen LogP contribution in [0.2, 0.25) is 0 Å². The number of nitrogens with zero attached hydrogens (tertiary/aromatic N) is 2. The van der Waals surface area contributed by atoms with Gasteiger partial charge in [0.1, 0.15) is 0 Å². The minimum Gasteiger partial charge on any atom is -0.493 e. The highest BCUT2D eigenvalue weighted by atomic mass is 16.3. The molecule has 5 aromatic rings. The standard InChI is InChI=1S/C36H20N2O6/c39-31-21-10-1-3-12-23(21)33(41)29-25(31)14-6-16-27(29)37-35(43)19-8-5-9-20(18-19)36(44)38-28-17-7-15-26-30(28)34(42)24-13-4-2-11-22(24)32(26)40/h1-18H,(H,37,43)(H,38,44). The molecule has 0 atom stereocenters. The van der Waals surface area contributed by atoms with Crippen LogP contribution in [0.1, 0.15) is 74.8 Å². The minimum absolute atomic E-state index is 0.0953. The molecule has 8 nitrogen and oxygen atoms in total. The summed E-state index contributed by atoms with van der Waals surface area (Å²) in [7, 11) is 0. The third kappa shape index (κ3) is 4.16. The summed E-state index contributed by atoms with van der Waals surface area (Å²) in [6.45, 7) is 0. The van der Waals surface area contributed by atoms with E-state index >= 15 is 0 Å². The summed E-state index contributed by atoms with van der Waals surface area (Å²) in [5, 5.41) is 22.0. The molecule has 0 bridgehead atoms. The first-order valence-corrected chi connectivity index (χ1v) is 13.6. The summed E-state index contributed by atoms with van der Waals surface area (Å²) in [5.74, 6) is -2.27. The van der Waals surface area contributed by atoms with Gasteiger partial charge in [-0.1, -0.05) is 78.9 Å². The summed E-state index contributed by atoms with van der Waals surface area (Å²) in [6.07, 6.45) is 0. The predicted molar refractivity (Wildman–Crippen MR) is 164 cm³/mol. The van der Waals surface area contributed by atoms with Crippen molar-refractivity contribution >= 4 is 46.3 Å². The fourth-order valence-corrected chi connectivity index (χ4v) is 5.59. The third-order valence-electron chi connectivity index (χ3n) is 7.69. The summed E-state index contributed by atoms with van der Waals surface area (Å²) >= 11 is 0. The Morgan fingerprint density at radius 3 is 1.16 bits per heavy atom. The van der Waals surface area contributed by atoms with Gasteiger partial charge < -0.3 is 10.2 Å². The van der Waals surface area contributed by atoms with E-state index in [2.05, 4.69) is 9.98 Å². The number of benzene rings is 5. The molecule has 5 aromatic carbocycles. The van der Waals surface area contributed by atoms with E-state index in [0.717, 1.165) is 0 Å². The van der Waals surface area contributed by atoms with E-state index in [0.29, 0.717) is 11.1 Å². The van der Waals surface area contributed by atoms with Crippen LogP contribution in [0.15, 0.2) is 119 Å². The van der Waals surface area contributed by atoms with Crippen LogP contribution >= 0.6 is 0 Å². The van der Waals surface area contributed by atoms with Crippen molar-refractivity contribution < 1.29 is 29.4 Å². The van der Waals surface area contributed by atoms with Crippen LogP contribution in [0.25, 0.3) is 0 Å². The molecule has 8 heteroatoms. The molecule has 0 saturated heterocycles. The smallest absolute Gasteiger partial charge is 0.218 e. The van der Waals surface area contributed by atoms with E-state index in [1.807, 2.05) is 0 Å². The molecular formula is C36H20N2O6. The van der Waals surface area contributed by atoms with Crippen molar-refractivity contribution in [3.8, 4) is 0 Å². The molecule has 0 radical (unpaired) electrons. The molecule has 0 unspecified atom stereocenters. The second-order valence-electron chi connectivity index (χ2n) is 10.3. The summed E-state index contributed by atoms with van der Waals surface area (Å²) in [6, 6.07) is 28.6. The molecule has 0 spiro atoms. The molecule has 44 heavy (non-hydrogen) atoms. The molecule has 2 aliphatic carbocycles. The first kappa shape index (κ1) is 26.6. The van der Waals surface area contributed by atoms with Crippen LogP contribution in [-0.4, -0.2) is 45.1 Å². The Bertz CT molecular complexity index is 2030. The van der Waals surface area contributed by atoms with Crippen LogP contribution in [0.3, 0.4) is 0 Å². The minimum atomic E-state index is -0.457. The number of rotatable bonds is 4. The second kappa shape index (κ2) is 10.2. The number of aliphatic imine (C=N–C) groups is 2. The van der Waals surface area contributed by atoms with Crippen molar-refractivity contribution in [1.82, 2.24) is 0 Å². The van der Waals surface area contributed by atoms with Crippen molar-refractivity contribution in [2.45, 2.75) is 0 Å². The zero-order valence-electron chi connectivity index (χ0n) is 22.8. The number of aliphatic hydroxyl groups is 2. The highest BCUT2D eigenvalue weighted by molar-refractivity contribution is 6.31. The topological polar surface area (TPSA) is 133 Å². The maximum Gasteiger partial charge on any atom is 0.218 e. The molecule has 2 aliphatic rings. The molecule has 210 valence electrons. The van der Waals surface area contributed by atoms with Gasteiger partial charge in [-0.15, -0.1) is 0 Å². The molecule has 2 N–H and O–H groups in total. The highest BCUT2D eigenvalue weighted by Crippen LogP contribution is 2.35. The molecule has 0 aromatic heterocycles. The highest BCUT2D eigenvalue weighted by Gasteiger charge is 2.32. The fourth-order valence-electron chi connectivity index (χ4n) is 5.59. The number of carbonyl (C=O) groups excluding carboxylic acids is 4. The number of ketones is 4. The first-order valence-electron chi connectivity index (χ1n) is 13.6. The molecule has 7 rings (SSSR count). The largest absolute Gasteiger partial charge is 0.493 e. The van der Waals surface area contributed by atoms with Crippen molar-refractivity contribution in [2.24, 2.45) is 9.98 Å². The molecule has 0 fully saturated rings. The van der Waals surface area contributed by atoms with Crippen LogP contribution in [0.5, 0.6) is 0 Å². The van der Waals surface area contributed by atoms with Crippen LogP contribution < -0.4 is 0 Å². The van der Waals surface area contributed by atoms with Crippen molar-refractivity contribution in [2.75, 3.05) is 0 Å². The average Bonchev–Trinajstić information content (AvgIpc) is 3.06. The van der Waals surface area contributed by atoms with Gasteiger partial charge in [0.15, 0.2) is 23.1 Å². The molecule has 0 heterocycles. The Kier molecular flexibility index (Phi) is 6.18. The Morgan fingerprint density at radius 2 is 0.750 bits per heavy atom. The van der Waals surface area contributed by atoms with E-state index in [4.69, 9.17) is 0 Å². The van der Waals surface area contributed by atoms with Gasteiger partial charge >= 0.3 is 0 Å². The Labute approximate surface area is 250 Å². The number of hydrogen-bond acceptors (Lipinski definition) is 6. The maximum absolute atomic E-state index is 13.3. The Hall–Kier alpha value is -6.28. The first-order chi connectivity index (χ1) is 21.3. The zero-order chi connectivity index (χ0) is 30.5. The normalized spacial score (nSPS) is 14.1. The monoisotopic (exact) mass is 576 g/mol. The Balaban J connectivity index is 1.24. The quantitative estimate of drug-likeness (QED) is 0.181. The number of hydrogen-bond donors (Lipinski definition) is 2. The van der Waals surface area contributed by atoms with Gasteiger partial charge in [0.2, 0.25) is 11.8 Å². The summed E-state index contributed by atoms with van der Waals surface area (Å²) < 4.78 is 0. The number of aliphatic hydroxyl groups excluding tert-OH is 2. The second-order valence-corrected chi connectivity index (χ2v) is 10.3. The van der Waals surface area contributed by atoms with Gasteiger partial charge in [0, 0.05) is 44.5 Å². The van der Waals surface area contributed by atoms with Gasteiger partial charge in [0.05, 0.1) is 22.5 Å².